The van der Waals surface area contributed by atoms with E-state index >= 15 is 0 Å². The van der Waals surface area contributed by atoms with E-state index in [0.29, 0.717) is 17.4 Å². The fraction of sp³-hybridized carbons (Fsp3) is 0.158. The maximum Gasteiger partial charge on any atom is 0.277 e. The van der Waals surface area contributed by atoms with Crippen LogP contribution in [0.15, 0.2) is 62.5 Å². The molecule has 6 nitrogen and oxygen atoms in total. The molecule has 1 aromatic heterocycles. The van der Waals surface area contributed by atoms with Crippen LogP contribution in [0, 0.1) is 0 Å². The lowest BCUT2D eigenvalue weighted by Crippen LogP contribution is -2.24. The molecule has 0 aliphatic carbocycles. The zero-order chi connectivity index (χ0) is 18.5. The van der Waals surface area contributed by atoms with Crippen molar-refractivity contribution in [1.29, 1.82) is 0 Å². The van der Waals surface area contributed by atoms with Crippen LogP contribution in [0.4, 0.5) is 5.88 Å². The Labute approximate surface area is 159 Å². The number of furan rings is 1. The minimum atomic E-state index is -0.354. The summed E-state index contributed by atoms with van der Waals surface area (Å²) in [4.78, 5) is 13.8. The Hall–Kier alpha value is -2.80. The van der Waals surface area contributed by atoms with E-state index in [9.17, 15) is 4.79 Å². The highest BCUT2D eigenvalue weighted by Gasteiger charge is 2.09. The first-order valence-corrected chi connectivity index (χ1v) is 8.73. The average Bonchev–Trinajstić information content (AvgIpc) is 3.01. The van der Waals surface area contributed by atoms with Crippen molar-refractivity contribution in [3.63, 3.8) is 0 Å². The van der Waals surface area contributed by atoms with E-state index in [0.717, 1.165) is 15.2 Å². The van der Waals surface area contributed by atoms with Gasteiger partial charge in [0.1, 0.15) is 5.75 Å². The first-order valence-electron chi connectivity index (χ1n) is 7.93. The number of nitrogens with one attached hydrogen (secondary N) is 1. The third kappa shape index (κ3) is 4.23. The second-order valence-electron chi connectivity index (χ2n) is 5.76. The largest absolute Gasteiger partial charge is 0.483 e. The fourth-order valence-corrected chi connectivity index (χ4v) is 3.07. The number of ether oxygens (including phenoxy) is 1. The summed E-state index contributed by atoms with van der Waals surface area (Å²) in [6.45, 7) is -0.129. The minimum absolute atomic E-state index is 0.129. The molecule has 0 bridgehead atoms. The number of hydrogen-bond acceptors (Lipinski definition) is 5. The van der Waals surface area contributed by atoms with Crippen LogP contribution in [0.25, 0.3) is 10.8 Å². The minimum Gasteiger partial charge on any atom is -0.483 e. The first-order chi connectivity index (χ1) is 12.5. The summed E-state index contributed by atoms with van der Waals surface area (Å²) in [7, 11) is 3.74. The molecule has 0 saturated heterocycles. The van der Waals surface area contributed by atoms with Gasteiger partial charge in [0, 0.05) is 25.5 Å². The number of carbonyl (C=O) groups excluding carboxylic acids is 1. The number of anilines is 1. The van der Waals surface area contributed by atoms with Crippen molar-refractivity contribution in [2.24, 2.45) is 5.10 Å². The topological polar surface area (TPSA) is 67.1 Å². The molecule has 0 saturated carbocycles. The lowest BCUT2D eigenvalue weighted by molar-refractivity contribution is -0.123. The smallest absolute Gasteiger partial charge is 0.277 e. The molecule has 134 valence electrons. The molecule has 0 unspecified atom stereocenters. The summed E-state index contributed by atoms with van der Waals surface area (Å²) >= 11 is 3.40. The molecule has 7 heteroatoms. The molecule has 1 amide bonds. The third-order valence-electron chi connectivity index (χ3n) is 3.58. The predicted molar refractivity (Wildman–Crippen MR) is 106 cm³/mol. The summed E-state index contributed by atoms with van der Waals surface area (Å²) in [6.07, 6.45) is 1.44. The summed E-state index contributed by atoms with van der Waals surface area (Å²) in [5.41, 5.74) is 2.42. The van der Waals surface area contributed by atoms with Crippen LogP contribution in [0.1, 0.15) is 5.76 Å². The molecule has 2 aromatic carbocycles. The Morgan fingerprint density at radius 2 is 2.04 bits per heavy atom. The molecule has 0 aliphatic heterocycles. The summed E-state index contributed by atoms with van der Waals surface area (Å²) in [6, 6.07) is 15.3. The molecular formula is C19H18BrN3O3. The summed E-state index contributed by atoms with van der Waals surface area (Å²) in [5.74, 6) is 1.51. The van der Waals surface area contributed by atoms with Crippen LogP contribution in [0.2, 0.25) is 0 Å². The molecule has 26 heavy (non-hydrogen) atoms. The van der Waals surface area contributed by atoms with E-state index in [4.69, 9.17) is 9.15 Å². The van der Waals surface area contributed by atoms with Crippen molar-refractivity contribution in [2.45, 2.75) is 0 Å². The third-order valence-corrected chi connectivity index (χ3v) is 4.15. The lowest BCUT2D eigenvalue weighted by Gasteiger charge is -2.08. The van der Waals surface area contributed by atoms with Gasteiger partial charge < -0.3 is 14.1 Å². The van der Waals surface area contributed by atoms with Crippen LogP contribution < -0.4 is 15.1 Å². The van der Waals surface area contributed by atoms with Gasteiger partial charge in [-0.2, -0.15) is 5.10 Å². The Morgan fingerprint density at radius 3 is 2.81 bits per heavy atom. The van der Waals surface area contributed by atoms with Crippen LogP contribution in [-0.2, 0) is 4.79 Å². The van der Waals surface area contributed by atoms with Crippen molar-refractivity contribution < 1.29 is 13.9 Å². The highest BCUT2D eigenvalue weighted by Crippen LogP contribution is 2.28. The van der Waals surface area contributed by atoms with E-state index in [1.54, 1.807) is 6.07 Å². The van der Waals surface area contributed by atoms with Crippen molar-refractivity contribution in [3.05, 3.63) is 58.8 Å². The van der Waals surface area contributed by atoms with Gasteiger partial charge in [0.2, 0.25) is 5.88 Å². The SMILES string of the molecule is CN(C)c1oc(/C=N/NC(=O)COc2cccc3ccccc23)cc1Br. The molecule has 3 aromatic rings. The number of benzene rings is 2. The highest BCUT2D eigenvalue weighted by atomic mass is 79.9. The Kier molecular flexibility index (Phi) is 5.58. The van der Waals surface area contributed by atoms with E-state index in [1.807, 2.05) is 61.5 Å². The number of fused-ring (bicyclic) bond motifs is 1. The Bertz CT molecular complexity index is 945. The lowest BCUT2D eigenvalue weighted by atomic mass is 10.1. The predicted octanol–water partition coefficient (Wildman–Crippen LogP) is 3.79. The number of carbonyl (C=O) groups is 1. The van der Waals surface area contributed by atoms with Gasteiger partial charge in [0.15, 0.2) is 12.4 Å². The average molecular weight is 416 g/mol. The van der Waals surface area contributed by atoms with Gasteiger partial charge >= 0.3 is 0 Å². The van der Waals surface area contributed by atoms with Gasteiger partial charge in [-0.15, -0.1) is 0 Å². The van der Waals surface area contributed by atoms with E-state index < -0.39 is 0 Å². The van der Waals surface area contributed by atoms with Gasteiger partial charge in [-0.3, -0.25) is 4.79 Å². The standard InChI is InChI=1S/C19H18BrN3O3/c1-23(2)19-16(20)10-14(26-19)11-21-22-18(24)12-25-17-9-5-7-13-6-3-4-8-15(13)17/h3-11H,12H2,1-2H3,(H,22,24)/b21-11+. The number of hydrazone groups is 1. The number of amides is 1. The van der Waals surface area contributed by atoms with Crippen LogP contribution in [0.5, 0.6) is 5.75 Å². The molecule has 3 rings (SSSR count). The van der Waals surface area contributed by atoms with Crippen LogP contribution in [0.3, 0.4) is 0 Å². The van der Waals surface area contributed by atoms with Crippen molar-refractivity contribution in [3.8, 4) is 5.75 Å². The molecule has 0 radical (unpaired) electrons. The second kappa shape index (κ2) is 8.05. The molecule has 1 heterocycles. The van der Waals surface area contributed by atoms with Crippen LogP contribution >= 0.6 is 15.9 Å². The van der Waals surface area contributed by atoms with Crippen molar-refractivity contribution in [2.75, 3.05) is 25.6 Å². The maximum atomic E-state index is 11.9. The molecule has 0 spiro atoms. The van der Waals surface area contributed by atoms with Crippen LogP contribution in [-0.4, -0.2) is 32.8 Å². The molecular weight excluding hydrogens is 398 g/mol. The van der Waals surface area contributed by atoms with Crippen molar-refractivity contribution in [1.82, 2.24) is 5.43 Å². The molecule has 0 fully saturated rings. The van der Waals surface area contributed by atoms with Gasteiger partial charge in [0.05, 0.1) is 10.7 Å². The molecule has 0 aliphatic rings. The second-order valence-corrected chi connectivity index (χ2v) is 6.61. The number of nitrogens with zero attached hydrogens (tertiary/aromatic N) is 2. The Morgan fingerprint density at radius 1 is 1.27 bits per heavy atom. The highest BCUT2D eigenvalue weighted by molar-refractivity contribution is 9.10. The normalized spacial score (nSPS) is 11.0. The van der Waals surface area contributed by atoms with Gasteiger partial charge in [-0.25, -0.2) is 5.43 Å². The molecule has 1 N–H and O–H groups in total. The van der Waals surface area contributed by atoms with E-state index in [1.165, 1.54) is 6.21 Å². The number of halogens is 1. The molecule has 0 atom stereocenters. The zero-order valence-corrected chi connectivity index (χ0v) is 16.0. The van der Waals surface area contributed by atoms with E-state index in [2.05, 4.69) is 26.5 Å². The van der Waals surface area contributed by atoms with Crippen molar-refractivity contribution >= 4 is 44.7 Å². The number of rotatable bonds is 6. The first kappa shape index (κ1) is 18.0. The number of hydrogen-bond donors (Lipinski definition) is 1. The quantitative estimate of drug-likeness (QED) is 0.491. The van der Waals surface area contributed by atoms with Gasteiger partial charge in [-0.1, -0.05) is 36.4 Å². The van der Waals surface area contributed by atoms with E-state index in [-0.39, 0.29) is 12.5 Å². The monoisotopic (exact) mass is 415 g/mol. The fourth-order valence-electron chi connectivity index (χ4n) is 2.41. The summed E-state index contributed by atoms with van der Waals surface area (Å²) < 4.78 is 12.0. The Balaban J connectivity index is 1.56. The zero-order valence-electron chi connectivity index (χ0n) is 14.4. The van der Waals surface area contributed by atoms with Gasteiger partial charge in [0.25, 0.3) is 5.91 Å². The maximum absolute atomic E-state index is 11.9. The summed E-state index contributed by atoms with van der Waals surface area (Å²) in [5, 5.41) is 5.91. The van der Waals surface area contributed by atoms with Gasteiger partial charge in [-0.05, 0) is 27.4 Å².